The van der Waals surface area contributed by atoms with Crippen LogP contribution in [-0.4, -0.2) is 31.6 Å². The van der Waals surface area contributed by atoms with E-state index in [1.807, 2.05) is 22.6 Å². The van der Waals surface area contributed by atoms with Crippen molar-refractivity contribution < 1.29 is 5.11 Å². The summed E-state index contributed by atoms with van der Waals surface area (Å²) in [6.07, 6.45) is 3.00. The summed E-state index contributed by atoms with van der Waals surface area (Å²) < 4.78 is 1.87. The van der Waals surface area contributed by atoms with Gasteiger partial charge in [-0.25, -0.2) is 4.68 Å². The number of aliphatic hydroxyl groups excluding tert-OH is 1. The lowest BCUT2D eigenvalue weighted by Crippen LogP contribution is -2.08. The molecule has 1 aromatic heterocycles. The molecular weight excluding hydrogens is 174 g/mol. The molecule has 0 aliphatic carbocycles. The van der Waals surface area contributed by atoms with Gasteiger partial charge in [0.05, 0.1) is 18.8 Å². The Morgan fingerprint density at radius 1 is 1.75 bits per heavy atom. The molecule has 1 fully saturated rings. The van der Waals surface area contributed by atoms with E-state index in [0.717, 1.165) is 5.75 Å². The molecule has 1 aliphatic heterocycles. The van der Waals surface area contributed by atoms with Gasteiger partial charge in [0.2, 0.25) is 0 Å². The minimum atomic E-state index is -0.0140. The van der Waals surface area contributed by atoms with Crippen molar-refractivity contribution in [2.75, 3.05) is 11.5 Å². The maximum absolute atomic E-state index is 8.77. The summed E-state index contributed by atoms with van der Waals surface area (Å²) in [7, 11) is 0. The third-order valence-corrected chi connectivity index (χ3v) is 3.14. The molecule has 1 aromatic rings. The maximum Gasteiger partial charge on any atom is 0.108 e. The van der Waals surface area contributed by atoms with E-state index in [4.69, 9.17) is 5.11 Å². The second-order valence-electron chi connectivity index (χ2n) is 2.87. The summed E-state index contributed by atoms with van der Waals surface area (Å²) >= 11 is 1.94. The molecule has 2 rings (SSSR count). The highest BCUT2D eigenvalue weighted by Crippen LogP contribution is 2.26. The molecule has 0 spiro atoms. The van der Waals surface area contributed by atoms with Crippen molar-refractivity contribution >= 4 is 11.8 Å². The molecule has 0 bridgehead atoms. The molecule has 12 heavy (non-hydrogen) atoms. The highest BCUT2D eigenvalue weighted by Gasteiger charge is 2.18. The van der Waals surface area contributed by atoms with Crippen LogP contribution in [0.2, 0.25) is 0 Å². The standard InChI is InChI=1S/C7H11N3OS/c11-4-6-3-10(9-8-6)7-1-2-12-5-7/h3,7,11H,1-2,4-5H2. The first-order valence-corrected chi connectivity index (χ1v) is 5.15. The Morgan fingerprint density at radius 3 is 3.25 bits per heavy atom. The van der Waals surface area contributed by atoms with Crippen LogP contribution < -0.4 is 0 Å². The van der Waals surface area contributed by atoms with Crippen molar-refractivity contribution in [2.24, 2.45) is 0 Å². The second-order valence-corrected chi connectivity index (χ2v) is 4.02. The van der Waals surface area contributed by atoms with Gasteiger partial charge in [0.15, 0.2) is 0 Å². The van der Waals surface area contributed by atoms with Gasteiger partial charge in [-0.1, -0.05) is 5.21 Å². The van der Waals surface area contributed by atoms with E-state index in [2.05, 4.69) is 10.3 Å². The van der Waals surface area contributed by atoms with Crippen LogP contribution in [0.4, 0.5) is 0 Å². The Balaban J connectivity index is 2.11. The van der Waals surface area contributed by atoms with E-state index in [1.165, 1.54) is 12.2 Å². The quantitative estimate of drug-likeness (QED) is 0.726. The first-order valence-electron chi connectivity index (χ1n) is 3.99. The smallest absolute Gasteiger partial charge is 0.108 e. The van der Waals surface area contributed by atoms with Gasteiger partial charge in [-0.2, -0.15) is 11.8 Å². The Bertz CT molecular complexity index is 257. The SMILES string of the molecule is OCc1cn(C2CCSC2)nn1. The van der Waals surface area contributed by atoms with Gasteiger partial charge in [-0.15, -0.1) is 5.10 Å². The highest BCUT2D eigenvalue weighted by molar-refractivity contribution is 7.99. The van der Waals surface area contributed by atoms with Gasteiger partial charge < -0.3 is 5.11 Å². The van der Waals surface area contributed by atoms with Crippen molar-refractivity contribution in [3.63, 3.8) is 0 Å². The van der Waals surface area contributed by atoms with E-state index >= 15 is 0 Å². The largest absolute Gasteiger partial charge is 0.390 e. The highest BCUT2D eigenvalue weighted by atomic mass is 32.2. The molecule has 0 aromatic carbocycles. The third kappa shape index (κ3) is 1.47. The molecule has 5 heteroatoms. The van der Waals surface area contributed by atoms with Crippen molar-refractivity contribution in [3.8, 4) is 0 Å². The summed E-state index contributed by atoms with van der Waals surface area (Å²) in [5, 5.41) is 16.6. The fourth-order valence-electron chi connectivity index (χ4n) is 1.30. The van der Waals surface area contributed by atoms with Crippen LogP contribution in [0, 0.1) is 0 Å². The van der Waals surface area contributed by atoms with E-state index in [9.17, 15) is 0 Å². The molecule has 1 N–H and O–H groups in total. The van der Waals surface area contributed by atoms with Gasteiger partial charge in [-0.3, -0.25) is 0 Å². The zero-order chi connectivity index (χ0) is 8.39. The zero-order valence-corrected chi connectivity index (χ0v) is 7.50. The zero-order valence-electron chi connectivity index (χ0n) is 6.68. The van der Waals surface area contributed by atoms with Crippen LogP contribution in [0.25, 0.3) is 0 Å². The first kappa shape index (κ1) is 8.07. The molecular formula is C7H11N3OS. The van der Waals surface area contributed by atoms with Gasteiger partial charge in [0, 0.05) is 5.75 Å². The fraction of sp³-hybridized carbons (Fsp3) is 0.714. The van der Waals surface area contributed by atoms with Crippen LogP contribution in [0.3, 0.4) is 0 Å². The lowest BCUT2D eigenvalue weighted by molar-refractivity contribution is 0.276. The van der Waals surface area contributed by atoms with Crippen molar-refractivity contribution in [2.45, 2.75) is 19.1 Å². The van der Waals surface area contributed by atoms with Crippen LogP contribution in [-0.2, 0) is 6.61 Å². The van der Waals surface area contributed by atoms with Crippen LogP contribution >= 0.6 is 11.8 Å². The monoisotopic (exact) mass is 185 g/mol. The molecule has 0 radical (unpaired) electrons. The van der Waals surface area contributed by atoms with Crippen LogP contribution in [0.5, 0.6) is 0 Å². The number of aromatic nitrogens is 3. The Hall–Kier alpha value is -0.550. The number of hydrogen-bond donors (Lipinski definition) is 1. The van der Waals surface area contributed by atoms with Crippen molar-refractivity contribution in [1.29, 1.82) is 0 Å². The number of aliphatic hydroxyl groups is 1. The average Bonchev–Trinajstić information content (AvgIpc) is 2.75. The molecule has 0 amide bonds. The van der Waals surface area contributed by atoms with E-state index in [0.29, 0.717) is 11.7 Å². The van der Waals surface area contributed by atoms with E-state index < -0.39 is 0 Å². The van der Waals surface area contributed by atoms with E-state index in [1.54, 1.807) is 0 Å². The lowest BCUT2D eigenvalue weighted by Gasteiger charge is -2.05. The van der Waals surface area contributed by atoms with Crippen LogP contribution in [0.1, 0.15) is 18.2 Å². The first-order chi connectivity index (χ1) is 5.90. The third-order valence-electron chi connectivity index (χ3n) is 2.00. The molecule has 1 aliphatic rings. The normalized spacial score (nSPS) is 23.2. The molecule has 1 atom stereocenters. The Kier molecular flexibility index (Phi) is 2.32. The van der Waals surface area contributed by atoms with Gasteiger partial charge >= 0.3 is 0 Å². The molecule has 4 nitrogen and oxygen atoms in total. The van der Waals surface area contributed by atoms with Gasteiger partial charge in [0.1, 0.15) is 5.69 Å². The number of hydrogen-bond acceptors (Lipinski definition) is 4. The number of rotatable bonds is 2. The molecule has 0 saturated carbocycles. The topological polar surface area (TPSA) is 50.9 Å². The van der Waals surface area contributed by atoms with Crippen LogP contribution in [0.15, 0.2) is 6.20 Å². The number of nitrogens with zero attached hydrogens (tertiary/aromatic N) is 3. The minimum Gasteiger partial charge on any atom is -0.390 e. The molecule has 1 saturated heterocycles. The predicted molar refractivity (Wildman–Crippen MR) is 46.9 cm³/mol. The molecule has 1 unspecified atom stereocenters. The Morgan fingerprint density at radius 2 is 2.67 bits per heavy atom. The summed E-state index contributed by atoms with van der Waals surface area (Å²) in [4.78, 5) is 0. The summed E-state index contributed by atoms with van der Waals surface area (Å²) in [5.41, 5.74) is 0.659. The summed E-state index contributed by atoms with van der Waals surface area (Å²) in [6.45, 7) is -0.0140. The van der Waals surface area contributed by atoms with E-state index in [-0.39, 0.29) is 6.61 Å². The summed E-state index contributed by atoms with van der Waals surface area (Å²) in [6, 6.07) is 0.489. The molecule has 66 valence electrons. The molecule has 2 heterocycles. The van der Waals surface area contributed by atoms with Gasteiger partial charge in [-0.05, 0) is 12.2 Å². The number of thioether (sulfide) groups is 1. The summed E-state index contributed by atoms with van der Waals surface area (Å²) in [5.74, 6) is 2.33. The Labute approximate surface area is 75.0 Å². The average molecular weight is 185 g/mol. The van der Waals surface area contributed by atoms with Crippen molar-refractivity contribution in [3.05, 3.63) is 11.9 Å². The van der Waals surface area contributed by atoms with Gasteiger partial charge in [0.25, 0.3) is 0 Å². The lowest BCUT2D eigenvalue weighted by atomic mass is 10.3. The predicted octanol–water partition coefficient (Wildman–Crippen LogP) is 0.448. The fourth-order valence-corrected chi connectivity index (χ4v) is 2.49. The second kappa shape index (κ2) is 3.45. The minimum absolute atomic E-state index is 0.0140. The van der Waals surface area contributed by atoms with Crippen molar-refractivity contribution in [1.82, 2.24) is 15.0 Å². The maximum atomic E-state index is 8.77.